The molecule has 0 aliphatic heterocycles. The molecule has 2 unspecified atom stereocenters. The fourth-order valence-corrected chi connectivity index (χ4v) is 3.04. The molecule has 1 aliphatic rings. The van der Waals surface area contributed by atoms with E-state index in [2.05, 4.69) is 29.1 Å². The Morgan fingerprint density at radius 3 is 2.75 bits per heavy atom. The number of hydrogen-bond acceptors (Lipinski definition) is 4. The minimum Gasteiger partial charge on any atom is -0.383 e. The van der Waals surface area contributed by atoms with Crippen LogP contribution in [-0.4, -0.2) is 16.0 Å². The molecule has 0 aromatic carbocycles. The first-order valence-electron chi connectivity index (χ1n) is 8.03. The molecular weight excluding hydrogens is 248 g/mol. The van der Waals surface area contributed by atoms with Gasteiger partial charge in [-0.3, -0.25) is 0 Å². The van der Waals surface area contributed by atoms with Crippen LogP contribution < -0.4 is 11.1 Å². The number of rotatable bonds is 5. The van der Waals surface area contributed by atoms with Crippen LogP contribution in [0.25, 0.3) is 0 Å². The van der Waals surface area contributed by atoms with Gasteiger partial charge in [-0.05, 0) is 32.1 Å². The molecule has 0 spiro atoms. The van der Waals surface area contributed by atoms with Crippen molar-refractivity contribution in [2.24, 2.45) is 5.92 Å². The smallest absolute Gasteiger partial charge is 0.134 e. The van der Waals surface area contributed by atoms with E-state index in [-0.39, 0.29) is 0 Å². The second kappa shape index (κ2) is 6.91. The number of nitrogens with two attached hydrogens (primary N) is 1. The van der Waals surface area contributed by atoms with E-state index in [9.17, 15) is 0 Å². The summed E-state index contributed by atoms with van der Waals surface area (Å²) >= 11 is 0. The zero-order valence-corrected chi connectivity index (χ0v) is 13.1. The van der Waals surface area contributed by atoms with Gasteiger partial charge in [-0.1, -0.05) is 33.1 Å². The van der Waals surface area contributed by atoms with Crippen LogP contribution in [0.5, 0.6) is 0 Å². The number of aromatic nitrogens is 2. The zero-order chi connectivity index (χ0) is 14.5. The van der Waals surface area contributed by atoms with E-state index in [1.165, 1.54) is 32.1 Å². The monoisotopic (exact) mass is 276 g/mol. The first-order valence-corrected chi connectivity index (χ1v) is 8.03. The Balaban J connectivity index is 2.11. The first-order chi connectivity index (χ1) is 9.63. The third kappa shape index (κ3) is 3.62. The van der Waals surface area contributed by atoms with Gasteiger partial charge < -0.3 is 11.1 Å². The number of hydrogen-bond donors (Lipinski definition) is 2. The predicted octanol–water partition coefficient (Wildman–Crippen LogP) is 3.70. The molecule has 1 saturated carbocycles. The van der Waals surface area contributed by atoms with Crippen LogP contribution in [-0.2, 0) is 6.42 Å². The van der Waals surface area contributed by atoms with E-state index < -0.39 is 0 Å². The predicted molar refractivity (Wildman–Crippen MR) is 84.8 cm³/mol. The highest BCUT2D eigenvalue weighted by Gasteiger charge is 2.22. The van der Waals surface area contributed by atoms with Gasteiger partial charge in [0, 0.05) is 18.0 Å². The highest BCUT2D eigenvalue weighted by molar-refractivity contribution is 5.55. The van der Waals surface area contributed by atoms with Crippen molar-refractivity contribution in [1.29, 1.82) is 0 Å². The summed E-state index contributed by atoms with van der Waals surface area (Å²) < 4.78 is 0. The molecule has 1 fully saturated rings. The maximum absolute atomic E-state index is 6.02. The van der Waals surface area contributed by atoms with Crippen molar-refractivity contribution in [3.05, 3.63) is 11.4 Å². The van der Waals surface area contributed by atoms with Crippen molar-refractivity contribution in [3.8, 4) is 0 Å². The van der Waals surface area contributed by atoms with E-state index in [0.29, 0.717) is 11.9 Å². The largest absolute Gasteiger partial charge is 0.383 e. The quantitative estimate of drug-likeness (QED) is 0.860. The fraction of sp³-hybridized carbons (Fsp3) is 0.750. The SMILES string of the molecule is CCCc1nc(N)c(C)c(NC2CCCC(CC)C2)n1. The Morgan fingerprint density at radius 1 is 1.25 bits per heavy atom. The minimum absolute atomic E-state index is 0.538. The Bertz CT molecular complexity index is 444. The van der Waals surface area contributed by atoms with Gasteiger partial charge in [-0.2, -0.15) is 0 Å². The van der Waals surface area contributed by atoms with Crippen molar-refractivity contribution in [2.45, 2.75) is 71.8 Å². The van der Waals surface area contributed by atoms with Gasteiger partial charge in [0.2, 0.25) is 0 Å². The van der Waals surface area contributed by atoms with Gasteiger partial charge in [-0.25, -0.2) is 9.97 Å². The summed E-state index contributed by atoms with van der Waals surface area (Å²) in [4.78, 5) is 9.04. The van der Waals surface area contributed by atoms with Crippen LogP contribution in [0, 0.1) is 12.8 Å². The topological polar surface area (TPSA) is 63.8 Å². The molecule has 0 bridgehead atoms. The molecule has 0 saturated heterocycles. The van der Waals surface area contributed by atoms with Crippen molar-refractivity contribution >= 4 is 11.6 Å². The Labute approximate surface area is 122 Å². The minimum atomic E-state index is 0.538. The molecule has 0 radical (unpaired) electrons. The second-order valence-corrected chi connectivity index (χ2v) is 6.03. The molecule has 2 atom stereocenters. The number of nitrogen functional groups attached to an aromatic ring is 1. The third-order valence-corrected chi connectivity index (χ3v) is 4.40. The van der Waals surface area contributed by atoms with Crippen molar-refractivity contribution in [3.63, 3.8) is 0 Å². The van der Waals surface area contributed by atoms with Crippen molar-refractivity contribution < 1.29 is 0 Å². The standard InChI is InChI=1S/C16H28N4/c1-4-7-14-19-15(17)11(3)16(20-14)18-13-9-6-8-12(5-2)10-13/h12-13H,4-10H2,1-3H3,(H3,17,18,19,20). The molecule has 3 N–H and O–H groups in total. The van der Waals surface area contributed by atoms with Gasteiger partial charge in [0.05, 0.1) is 0 Å². The Kier molecular flexibility index (Phi) is 5.21. The molecule has 2 rings (SSSR count). The molecule has 0 amide bonds. The maximum Gasteiger partial charge on any atom is 0.134 e. The van der Waals surface area contributed by atoms with Gasteiger partial charge in [0.25, 0.3) is 0 Å². The second-order valence-electron chi connectivity index (χ2n) is 6.03. The summed E-state index contributed by atoms with van der Waals surface area (Å²) in [6, 6.07) is 0.538. The normalized spacial score (nSPS) is 22.8. The number of nitrogens with one attached hydrogen (secondary N) is 1. The van der Waals surface area contributed by atoms with E-state index in [0.717, 1.165) is 36.0 Å². The average Bonchev–Trinajstić information content (AvgIpc) is 2.45. The van der Waals surface area contributed by atoms with E-state index in [4.69, 9.17) is 5.73 Å². The first kappa shape index (κ1) is 15.1. The van der Waals surface area contributed by atoms with E-state index >= 15 is 0 Å². The molecule has 20 heavy (non-hydrogen) atoms. The van der Waals surface area contributed by atoms with Gasteiger partial charge >= 0.3 is 0 Å². The number of nitrogens with zero attached hydrogens (tertiary/aromatic N) is 2. The summed E-state index contributed by atoms with van der Waals surface area (Å²) in [5.74, 6) is 3.29. The lowest BCUT2D eigenvalue weighted by molar-refractivity contribution is 0.327. The molecule has 1 aromatic heterocycles. The molecule has 1 heterocycles. The number of aryl methyl sites for hydroxylation is 1. The van der Waals surface area contributed by atoms with Gasteiger partial charge in [0.15, 0.2) is 0 Å². The summed E-state index contributed by atoms with van der Waals surface area (Å²) in [6.07, 6.45) is 8.40. The van der Waals surface area contributed by atoms with E-state index in [1.54, 1.807) is 0 Å². The lowest BCUT2D eigenvalue weighted by atomic mass is 9.84. The summed E-state index contributed by atoms with van der Waals surface area (Å²) in [5, 5.41) is 3.62. The summed E-state index contributed by atoms with van der Waals surface area (Å²) in [6.45, 7) is 6.44. The molecule has 4 nitrogen and oxygen atoms in total. The van der Waals surface area contributed by atoms with E-state index in [1.807, 2.05) is 6.92 Å². The Hall–Kier alpha value is -1.32. The molecule has 1 aliphatic carbocycles. The number of anilines is 2. The lowest BCUT2D eigenvalue weighted by Gasteiger charge is -2.30. The highest BCUT2D eigenvalue weighted by atomic mass is 15.1. The van der Waals surface area contributed by atoms with Crippen LogP contribution in [0.3, 0.4) is 0 Å². The fourth-order valence-electron chi connectivity index (χ4n) is 3.04. The Morgan fingerprint density at radius 2 is 2.05 bits per heavy atom. The summed E-state index contributed by atoms with van der Waals surface area (Å²) in [7, 11) is 0. The molecule has 1 aromatic rings. The van der Waals surface area contributed by atoms with Crippen LogP contribution in [0.15, 0.2) is 0 Å². The van der Waals surface area contributed by atoms with Crippen molar-refractivity contribution in [2.75, 3.05) is 11.1 Å². The van der Waals surface area contributed by atoms with Crippen LogP contribution in [0.1, 0.15) is 63.8 Å². The van der Waals surface area contributed by atoms with Gasteiger partial charge in [0.1, 0.15) is 17.5 Å². The van der Waals surface area contributed by atoms with Crippen LogP contribution in [0.2, 0.25) is 0 Å². The highest BCUT2D eigenvalue weighted by Crippen LogP contribution is 2.29. The summed E-state index contributed by atoms with van der Waals surface area (Å²) in [5.41, 5.74) is 7.01. The lowest BCUT2D eigenvalue weighted by Crippen LogP contribution is -2.28. The maximum atomic E-state index is 6.02. The van der Waals surface area contributed by atoms with Crippen LogP contribution in [0.4, 0.5) is 11.6 Å². The molecule has 4 heteroatoms. The molecule has 112 valence electrons. The average molecular weight is 276 g/mol. The third-order valence-electron chi connectivity index (χ3n) is 4.40. The zero-order valence-electron chi connectivity index (χ0n) is 13.1. The van der Waals surface area contributed by atoms with Crippen molar-refractivity contribution in [1.82, 2.24) is 9.97 Å². The van der Waals surface area contributed by atoms with Crippen LogP contribution >= 0.6 is 0 Å². The van der Waals surface area contributed by atoms with Gasteiger partial charge in [-0.15, -0.1) is 0 Å². The molecular formula is C16H28N4.